The van der Waals surface area contributed by atoms with Crippen molar-refractivity contribution >= 4 is 52.1 Å². The molecule has 1 nitrogen and oxygen atoms in total. The fourth-order valence-corrected chi connectivity index (χ4v) is 3.81. The minimum absolute atomic E-state index is 0.0316. The largest absolute Gasteiger partial charge is 0.293 e. The van der Waals surface area contributed by atoms with Crippen molar-refractivity contribution in [1.82, 2.24) is 0 Å². The van der Waals surface area contributed by atoms with E-state index < -0.39 is 0 Å². The van der Waals surface area contributed by atoms with Gasteiger partial charge in [-0.3, -0.25) is 4.79 Å². The quantitative estimate of drug-likeness (QED) is 0.708. The van der Waals surface area contributed by atoms with E-state index >= 15 is 0 Å². The summed E-state index contributed by atoms with van der Waals surface area (Å²) in [6, 6.07) is 11.7. The van der Waals surface area contributed by atoms with E-state index in [9.17, 15) is 4.79 Å². The van der Waals surface area contributed by atoms with E-state index in [1.165, 1.54) is 16.9 Å². The zero-order valence-corrected chi connectivity index (χ0v) is 12.5. The highest BCUT2D eigenvalue weighted by Gasteiger charge is 2.13. The van der Waals surface area contributed by atoms with E-state index in [0.717, 1.165) is 5.75 Å². The smallest absolute Gasteiger partial charge is 0.175 e. The van der Waals surface area contributed by atoms with Crippen LogP contribution in [0.15, 0.2) is 36.4 Å². The monoisotopic (exact) mass is 316 g/mol. The third-order valence-corrected chi connectivity index (χ3v) is 4.79. The number of ketones is 1. The predicted molar refractivity (Wildman–Crippen MR) is 81.3 cm³/mol. The third kappa shape index (κ3) is 3.75. The molecule has 2 aromatic rings. The van der Waals surface area contributed by atoms with Gasteiger partial charge in [-0.2, -0.15) is 0 Å². The summed E-state index contributed by atoms with van der Waals surface area (Å²) in [6.07, 6.45) is 0. The molecule has 0 unspecified atom stereocenters. The number of carbonyl (C=O) groups is 1. The van der Waals surface area contributed by atoms with Crippen LogP contribution in [0.2, 0.25) is 8.67 Å². The van der Waals surface area contributed by atoms with Crippen LogP contribution < -0.4 is 0 Å². The topological polar surface area (TPSA) is 17.1 Å². The molecule has 0 fully saturated rings. The second kappa shape index (κ2) is 6.62. The van der Waals surface area contributed by atoms with E-state index in [-0.39, 0.29) is 5.78 Å². The Hall–Kier alpha value is -0.480. The number of thioether (sulfide) groups is 1. The Morgan fingerprint density at radius 3 is 2.56 bits per heavy atom. The van der Waals surface area contributed by atoms with E-state index in [2.05, 4.69) is 0 Å². The van der Waals surface area contributed by atoms with Gasteiger partial charge in [-0.25, -0.2) is 0 Å². The summed E-state index contributed by atoms with van der Waals surface area (Å²) >= 11 is 14.6. The van der Waals surface area contributed by atoms with Crippen LogP contribution in [0.3, 0.4) is 0 Å². The van der Waals surface area contributed by atoms with Gasteiger partial charge in [-0.05, 0) is 11.6 Å². The summed E-state index contributed by atoms with van der Waals surface area (Å²) in [4.78, 5) is 11.9. The maximum absolute atomic E-state index is 11.9. The molecule has 1 aromatic carbocycles. The van der Waals surface area contributed by atoms with E-state index in [4.69, 9.17) is 23.2 Å². The summed E-state index contributed by atoms with van der Waals surface area (Å²) < 4.78 is 1.03. The van der Waals surface area contributed by atoms with Crippen LogP contribution >= 0.6 is 46.3 Å². The normalized spacial score (nSPS) is 10.6. The highest BCUT2D eigenvalue weighted by Crippen LogP contribution is 2.32. The van der Waals surface area contributed by atoms with Gasteiger partial charge in [0.05, 0.1) is 10.1 Å². The van der Waals surface area contributed by atoms with Crippen LogP contribution in [0.4, 0.5) is 0 Å². The standard InChI is InChI=1S/C13H10Cl2OS2/c14-12-6-10(13(15)18-12)11(16)8-17-7-9-4-2-1-3-5-9/h1-6H,7-8H2. The molecule has 0 aliphatic carbocycles. The van der Waals surface area contributed by atoms with E-state index in [1.807, 2.05) is 30.3 Å². The van der Waals surface area contributed by atoms with Crippen molar-refractivity contribution in [2.75, 3.05) is 5.75 Å². The minimum atomic E-state index is 0.0316. The first-order valence-corrected chi connectivity index (χ1v) is 7.99. The van der Waals surface area contributed by atoms with Crippen LogP contribution in [-0.2, 0) is 5.75 Å². The lowest BCUT2D eigenvalue weighted by Crippen LogP contribution is -2.01. The molecule has 0 amide bonds. The van der Waals surface area contributed by atoms with E-state index in [0.29, 0.717) is 20.0 Å². The summed E-state index contributed by atoms with van der Waals surface area (Å²) in [5, 5.41) is 0. The Morgan fingerprint density at radius 2 is 1.94 bits per heavy atom. The fraction of sp³-hybridized carbons (Fsp3) is 0.154. The van der Waals surface area contributed by atoms with Gasteiger partial charge >= 0.3 is 0 Å². The van der Waals surface area contributed by atoms with Crippen LogP contribution in [0.1, 0.15) is 15.9 Å². The molecule has 0 saturated carbocycles. The Bertz CT molecular complexity index is 537. The first-order valence-electron chi connectivity index (χ1n) is 5.26. The number of hydrogen-bond acceptors (Lipinski definition) is 3. The molecule has 1 heterocycles. The molecule has 0 saturated heterocycles. The molecule has 0 aliphatic rings. The Morgan fingerprint density at radius 1 is 1.22 bits per heavy atom. The maximum Gasteiger partial charge on any atom is 0.175 e. The lowest BCUT2D eigenvalue weighted by molar-refractivity contribution is 0.102. The summed E-state index contributed by atoms with van der Waals surface area (Å²) in [5.74, 6) is 1.27. The molecule has 0 radical (unpaired) electrons. The number of hydrogen-bond donors (Lipinski definition) is 0. The number of halogens is 2. The number of thiophene rings is 1. The van der Waals surface area contributed by atoms with Crippen LogP contribution in [0, 0.1) is 0 Å². The van der Waals surface area contributed by atoms with Gasteiger partial charge in [-0.15, -0.1) is 23.1 Å². The highest BCUT2D eigenvalue weighted by atomic mass is 35.5. The van der Waals surface area contributed by atoms with Crippen molar-refractivity contribution in [3.63, 3.8) is 0 Å². The molecular weight excluding hydrogens is 307 g/mol. The molecular formula is C13H10Cl2OS2. The summed E-state index contributed by atoms with van der Waals surface area (Å²) in [6.45, 7) is 0. The van der Waals surface area contributed by atoms with Gasteiger partial charge in [0.15, 0.2) is 5.78 Å². The highest BCUT2D eigenvalue weighted by molar-refractivity contribution is 7.99. The molecule has 1 aromatic heterocycles. The molecule has 0 N–H and O–H groups in total. The molecule has 18 heavy (non-hydrogen) atoms. The second-order valence-electron chi connectivity index (χ2n) is 3.64. The van der Waals surface area contributed by atoms with E-state index in [1.54, 1.807) is 17.8 Å². The predicted octanol–water partition coefficient (Wildman–Crippen LogP) is 5.17. The lowest BCUT2D eigenvalue weighted by atomic mass is 10.2. The van der Waals surface area contributed by atoms with Gasteiger partial charge in [0.2, 0.25) is 0 Å². The van der Waals surface area contributed by atoms with Gasteiger partial charge in [0, 0.05) is 11.3 Å². The molecule has 0 spiro atoms. The lowest BCUT2D eigenvalue weighted by Gasteiger charge is -2.01. The van der Waals surface area contributed by atoms with Crippen molar-refractivity contribution in [1.29, 1.82) is 0 Å². The molecule has 0 bridgehead atoms. The maximum atomic E-state index is 11.9. The Labute approximate surface area is 124 Å². The summed E-state index contributed by atoms with van der Waals surface area (Å²) in [7, 11) is 0. The second-order valence-corrected chi connectivity index (χ2v) is 6.91. The van der Waals surface area contributed by atoms with Crippen molar-refractivity contribution in [2.45, 2.75) is 5.75 Å². The third-order valence-electron chi connectivity index (χ3n) is 2.30. The molecule has 5 heteroatoms. The van der Waals surface area contributed by atoms with Crippen molar-refractivity contribution in [3.05, 3.63) is 56.2 Å². The fourth-order valence-electron chi connectivity index (χ4n) is 1.44. The minimum Gasteiger partial charge on any atom is -0.293 e. The molecule has 2 rings (SSSR count). The van der Waals surface area contributed by atoms with Crippen molar-refractivity contribution in [3.8, 4) is 0 Å². The number of rotatable bonds is 5. The molecule has 94 valence electrons. The van der Waals surface area contributed by atoms with Gasteiger partial charge < -0.3 is 0 Å². The molecule has 0 aliphatic heterocycles. The molecule has 0 atom stereocenters. The van der Waals surface area contributed by atoms with Crippen molar-refractivity contribution < 1.29 is 4.79 Å². The number of Topliss-reactive ketones (excluding diaryl/α,β-unsaturated/α-hetero) is 1. The Kier molecular flexibility index (Phi) is 5.13. The van der Waals surface area contributed by atoms with Gasteiger partial charge in [0.25, 0.3) is 0 Å². The first kappa shape index (κ1) is 13.9. The first-order chi connectivity index (χ1) is 8.66. The zero-order valence-electron chi connectivity index (χ0n) is 9.36. The average Bonchev–Trinajstić information content (AvgIpc) is 2.70. The van der Waals surface area contributed by atoms with Crippen molar-refractivity contribution in [2.24, 2.45) is 0 Å². The van der Waals surface area contributed by atoms with Gasteiger partial charge in [0.1, 0.15) is 4.34 Å². The Balaban J connectivity index is 1.87. The average molecular weight is 317 g/mol. The van der Waals surface area contributed by atoms with Crippen LogP contribution in [-0.4, -0.2) is 11.5 Å². The van der Waals surface area contributed by atoms with Crippen LogP contribution in [0.5, 0.6) is 0 Å². The van der Waals surface area contributed by atoms with Gasteiger partial charge in [-0.1, -0.05) is 53.5 Å². The zero-order chi connectivity index (χ0) is 13.0. The number of carbonyl (C=O) groups excluding carboxylic acids is 1. The number of benzene rings is 1. The SMILES string of the molecule is O=C(CSCc1ccccc1)c1cc(Cl)sc1Cl. The summed E-state index contributed by atoms with van der Waals surface area (Å²) in [5.41, 5.74) is 1.75. The van der Waals surface area contributed by atoms with Crippen LogP contribution in [0.25, 0.3) is 0 Å².